The largest absolute Gasteiger partial charge is 0.345 e. The lowest BCUT2D eigenvalue weighted by Gasteiger charge is -2.21. The van der Waals surface area contributed by atoms with Gasteiger partial charge in [0.2, 0.25) is 23.6 Å². The van der Waals surface area contributed by atoms with Crippen LogP contribution < -0.4 is 10.6 Å². The van der Waals surface area contributed by atoms with Gasteiger partial charge < -0.3 is 20.4 Å². The summed E-state index contributed by atoms with van der Waals surface area (Å²) in [6.45, 7) is 1.09. The third-order valence-corrected chi connectivity index (χ3v) is 6.15. The Kier molecular flexibility index (Phi) is 6.44. The van der Waals surface area contributed by atoms with E-state index in [0.717, 1.165) is 33.6 Å². The van der Waals surface area contributed by atoms with Crippen LogP contribution in [0.1, 0.15) is 28.7 Å². The van der Waals surface area contributed by atoms with E-state index in [1.807, 2.05) is 36.4 Å². The minimum Gasteiger partial charge on any atom is -0.345 e. The molecule has 4 rings (SSSR count). The molecule has 8 heteroatoms. The maximum atomic E-state index is 12.6. The molecule has 0 fully saturated rings. The highest BCUT2D eigenvalue weighted by Crippen LogP contribution is 2.25. The fraction of sp³-hybridized carbons (Fsp3) is 0.360. The number of carbonyl (C=O) groups is 4. The Balaban J connectivity index is 1.21. The molecule has 0 radical (unpaired) electrons. The number of carbonyl (C=O) groups excluding carboxylic acids is 4. The molecule has 2 aromatic rings. The van der Waals surface area contributed by atoms with Crippen LogP contribution in [-0.2, 0) is 44.9 Å². The van der Waals surface area contributed by atoms with Crippen LogP contribution in [0.25, 0.3) is 0 Å². The fourth-order valence-corrected chi connectivity index (χ4v) is 4.16. The molecule has 0 bridgehead atoms. The normalized spacial score (nSPS) is 13.8. The van der Waals surface area contributed by atoms with Gasteiger partial charge in [0.05, 0.1) is 25.7 Å². The minimum absolute atomic E-state index is 0.00607. The second-order valence-corrected chi connectivity index (χ2v) is 8.77. The molecule has 2 aliphatic heterocycles. The minimum atomic E-state index is -0.0211. The average molecular weight is 449 g/mol. The molecule has 0 aliphatic carbocycles. The summed E-state index contributed by atoms with van der Waals surface area (Å²) >= 11 is 0. The van der Waals surface area contributed by atoms with Crippen LogP contribution in [0, 0.1) is 0 Å². The van der Waals surface area contributed by atoms with Crippen molar-refractivity contribution in [3.63, 3.8) is 0 Å². The van der Waals surface area contributed by atoms with Crippen molar-refractivity contribution < 1.29 is 19.2 Å². The van der Waals surface area contributed by atoms with Gasteiger partial charge in [-0.3, -0.25) is 19.2 Å². The van der Waals surface area contributed by atoms with Gasteiger partial charge in [-0.05, 0) is 40.8 Å². The van der Waals surface area contributed by atoms with E-state index in [0.29, 0.717) is 32.4 Å². The van der Waals surface area contributed by atoms with Crippen molar-refractivity contribution in [2.75, 3.05) is 37.8 Å². The summed E-state index contributed by atoms with van der Waals surface area (Å²) in [7, 11) is 3.52. The number of nitrogens with zero attached hydrogens (tertiary/aromatic N) is 2. The van der Waals surface area contributed by atoms with Gasteiger partial charge in [0.25, 0.3) is 0 Å². The van der Waals surface area contributed by atoms with Crippen LogP contribution >= 0.6 is 0 Å². The van der Waals surface area contributed by atoms with Gasteiger partial charge in [-0.2, -0.15) is 0 Å². The molecule has 0 atom stereocenters. The van der Waals surface area contributed by atoms with E-state index >= 15 is 0 Å². The number of likely N-dealkylation sites (N-methyl/N-ethyl adjacent to an activating group) is 2. The Labute approximate surface area is 192 Å². The predicted molar refractivity (Wildman–Crippen MR) is 125 cm³/mol. The number of hydrogen-bond donors (Lipinski definition) is 2. The van der Waals surface area contributed by atoms with Gasteiger partial charge in [0, 0.05) is 38.6 Å². The molecule has 172 valence electrons. The van der Waals surface area contributed by atoms with Crippen LogP contribution in [-0.4, -0.2) is 60.6 Å². The summed E-state index contributed by atoms with van der Waals surface area (Å²) in [6, 6.07) is 11.3. The first-order chi connectivity index (χ1) is 15.8. The van der Waals surface area contributed by atoms with E-state index in [1.165, 1.54) is 0 Å². The van der Waals surface area contributed by atoms with Crippen LogP contribution in [0.3, 0.4) is 0 Å². The zero-order valence-corrected chi connectivity index (χ0v) is 18.9. The summed E-state index contributed by atoms with van der Waals surface area (Å²) in [5.74, 6) is -0.0544. The third-order valence-electron chi connectivity index (χ3n) is 6.15. The summed E-state index contributed by atoms with van der Waals surface area (Å²) < 4.78 is 0. The highest BCUT2D eigenvalue weighted by molar-refractivity contribution is 6.00. The van der Waals surface area contributed by atoms with Crippen LogP contribution in [0.15, 0.2) is 36.4 Å². The Morgan fingerprint density at radius 1 is 0.758 bits per heavy atom. The summed E-state index contributed by atoms with van der Waals surface area (Å²) in [6.07, 6.45) is 1.98. The van der Waals surface area contributed by atoms with E-state index in [9.17, 15) is 19.2 Å². The van der Waals surface area contributed by atoms with Crippen molar-refractivity contribution >= 4 is 35.0 Å². The standard InChI is InChI=1S/C25H28N4O4/c1-28(24(32)12-16-4-6-18-14-22(30)26-20(18)10-16)8-3-9-29(2)25(33)13-17-5-7-19-15-23(31)27-21(19)11-17/h4-7,10-11H,3,8-9,12-15H2,1-2H3,(H,26,30)(H,27,31). The zero-order chi connectivity index (χ0) is 23.5. The second kappa shape index (κ2) is 9.44. The number of rotatable bonds is 8. The quantitative estimate of drug-likeness (QED) is 0.643. The van der Waals surface area contributed by atoms with E-state index in [1.54, 1.807) is 23.9 Å². The maximum absolute atomic E-state index is 12.6. The molecular formula is C25H28N4O4. The Bertz CT molecular complexity index is 1040. The van der Waals surface area contributed by atoms with Crippen LogP contribution in [0.5, 0.6) is 0 Å². The van der Waals surface area contributed by atoms with Crippen LogP contribution in [0.2, 0.25) is 0 Å². The van der Waals surface area contributed by atoms with Crippen molar-refractivity contribution in [3.8, 4) is 0 Å². The number of anilines is 2. The van der Waals surface area contributed by atoms with Gasteiger partial charge in [-0.1, -0.05) is 24.3 Å². The second-order valence-electron chi connectivity index (χ2n) is 8.77. The molecular weight excluding hydrogens is 420 g/mol. The number of hydrogen-bond acceptors (Lipinski definition) is 4. The molecule has 0 saturated heterocycles. The zero-order valence-electron chi connectivity index (χ0n) is 18.9. The first kappa shape index (κ1) is 22.5. The van der Waals surface area contributed by atoms with E-state index in [2.05, 4.69) is 10.6 Å². The molecule has 2 N–H and O–H groups in total. The molecule has 0 unspecified atom stereocenters. The monoisotopic (exact) mass is 448 g/mol. The lowest BCUT2D eigenvalue weighted by molar-refractivity contribution is -0.129. The third kappa shape index (κ3) is 5.39. The summed E-state index contributed by atoms with van der Waals surface area (Å²) in [4.78, 5) is 51.5. The molecule has 0 spiro atoms. The molecule has 2 aliphatic rings. The van der Waals surface area contributed by atoms with Crippen molar-refractivity contribution in [1.82, 2.24) is 9.80 Å². The number of fused-ring (bicyclic) bond motifs is 2. The topological polar surface area (TPSA) is 98.8 Å². The molecule has 4 amide bonds. The summed E-state index contributed by atoms with van der Waals surface area (Å²) in [5.41, 5.74) is 5.23. The lowest BCUT2D eigenvalue weighted by atomic mass is 10.1. The Morgan fingerprint density at radius 3 is 1.61 bits per heavy atom. The van der Waals surface area contributed by atoms with Crippen molar-refractivity contribution in [2.24, 2.45) is 0 Å². The smallest absolute Gasteiger partial charge is 0.228 e. The van der Waals surface area contributed by atoms with Gasteiger partial charge in [-0.15, -0.1) is 0 Å². The van der Waals surface area contributed by atoms with E-state index in [-0.39, 0.29) is 36.5 Å². The van der Waals surface area contributed by atoms with Gasteiger partial charge in [-0.25, -0.2) is 0 Å². The number of benzene rings is 2. The summed E-state index contributed by atoms with van der Waals surface area (Å²) in [5, 5.41) is 5.62. The molecule has 2 heterocycles. The molecule has 33 heavy (non-hydrogen) atoms. The Morgan fingerprint density at radius 2 is 1.18 bits per heavy atom. The van der Waals surface area contributed by atoms with Crippen molar-refractivity contribution in [1.29, 1.82) is 0 Å². The SMILES string of the molecule is CN(CCCN(C)C(=O)Cc1ccc2c(c1)NC(=O)C2)C(=O)Cc1ccc2c(c1)NC(=O)C2. The molecule has 0 aromatic heterocycles. The Hall–Kier alpha value is -3.68. The van der Waals surface area contributed by atoms with E-state index in [4.69, 9.17) is 0 Å². The van der Waals surface area contributed by atoms with Gasteiger partial charge in [0.1, 0.15) is 0 Å². The van der Waals surface area contributed by atoms with Crippen molar-refractivity contribution in [3.05, 3.63) is 58.7 Å². The maximum Gasteiger partial charge on any atom is 0.228 e. The van der Waals surface area contributed by atoms with Gasteiger partial charge >= 0.3 is 0 Å². The highest BCUT2D eigenvalue weighted by Gasteiger charge is 2.20. The van der Waals surface area contributed by atoms with Gasteiger partial charge in [0.15, 0.2) is 0 Å². The highest BCUT2D eigenvalue weighted by atomic mass is 16.2. The molecule has 0 saturated carbocycles. The van der Waals surface area contributed by atoms with Crippen LogP contribution in [0.4, 0.5) is 11.4 Å². The van der Waals surface area contributed by atoms with Crippen molar-refractivity contribution in [2.45, 2.75) is 32.1 Å². The predicted octanol–water partition coefficient (Wildman–Crippen LogP) is 1.77. The lowest BCUT2D eigenvalue weighted by Crippen LogP contribution is -2.34. The fourth-order valence-electron chi connectivity index (χ4n) is 4.16. The molecule has 8 nitrogen and oxygen atoms in total. The average Bonchev–Trinajstić information content (AvgIpc) is 3.32. The molecule has 2 aromatic carbocycles. The van der Waals surface area contributed by atoms with E-state index < -0.39 is 0 Å². The first-order valence-corrected chi connectivity index (χ1v) is 11.1. The number of nitrogens with one attached hydrogen (secondary N) is 2. The number of amides is 4. The first-order valence-electron chi connectivity index (χ1n) is 11.1.